The fraction of sp³-hybridized carbons (Fsp3) is 0.833. The minimum absolute atomic E-state index is 0.177. The van der Waals surface area contributed by atoms with E-state index < -0.39 is 0 Å². The first-order valence-electron chi connectivity index (χ1n) is 8.73. The summed E-state index contributed by atoms with van der Waals surface area (Å²) in [4.78, 5) is 6.52. The number of thiazole rings is 1. The van der Waals surface area contributed by atoms with Crippen LogP contribution in [0.25, 0.3) is 0 Å². The molecule has 0 spiro atoms. The van der Waals surface area contributed by atoms with Crippen molar-refractivity contribution in [3.8, 4) is 0 Å². The number of aromatic nitrogens is 1. The van der Waals surface area contributed by atoms with E-state index in [1.807, 2.05) is 11.3 Å². The van der Waals surface area contributed by atoms with Crippen LogP contribution < -0.4 is 5.32 Å². The van der Waals surface area contributed by atoms with Gasteiger partial charge in [-0.25, -0.2) is 4.98 Å². The lowest BCUT2D eigenvalue weighted by Gasteiger charge is -2.20. The van der Waals surface area contributed by atoms with Gasteiger partial charge in [-0.15, -0.1) is 11.3 Å². The second-order valence-electron chi connectivity index (χ2n) is 7.46. The molecule has 2 nitrogen and oxygen atoms in total. The van der Waals surface area contributed by atoms with Crippen LogP contribution in [-0.4, -0.2) is 10.5 Å². The molecule has 0 radical (unpaired) electrons. The average Bonchev–Trinajstić information content (AvgIpc) is 2.63. The summed E-state index contributed by atoms with van der Waals surface area (Å²) in [5.41, 5.74) is 1.54. The topological polar surface area (TPSA) is 24.9 Å². The van der Waals surface area contributed by atoms with Gasteiger partial charge in [0.1, 0.15) is 0 Å². The van der Waals surface area contributed by atoms with Gasteiger partial charge in [-0.3, -0.25) is 0 Å². The van der Waals surface area contributed by atoms with E-state index in [1.165, 1.54) is 60.5 Å². The SMILES string of the molecule is CCCc1nc(C2CCCCCC2)sc1CNC(C)(C)C. The van der Waals surface area contributed by atoms with Gasteiger partial charge in [-0.05, 0) is 40.0 Å². The first-order valence-corrected chi connectivity index (χ1v) is 9.54. The Labute approximate surface area is 134 Å². The first-order chi connectivity index (χ1) is 9.99. The Balaban J connectivity index is 2.11. The largest absolute Gasteiger partial charge is 0.307 e. The summed E-state index contributed by atoms with van der Waals surface area (Å²) in [5, 5.41) is 5.06. The van der Waals surface area contributed by atoms with Crippen molar-refractivity contribution in [1.29, 1.82) is 0 Å². The van der Waals surface area contributed by atoms with Gasteiger partial charge in [0.15, 0.2) is 0 Å². The van der Waals surface area contributed by atoms with E-state index in [0.717, 1.165) is 18.9 Å². The van der Waals surface area contributed by atoms with Crippen molar-refractivity contribution < 1.29 is 0 Å². The fourth-order valence-electron chi connectivity index (χ4n) is 3.02. The molecule has 2 rings (SSSR count). The Morgan fingerprint density at radius 2 is 1.81 bits per heavy atom. The zero-order valence-corrected chi connectivity index (χ0v) is 15.1. The van der Waals surface area contributed by atoms with Crippen LogP contribution >= 0.6 is 11.3 Å². The van der Waals surface area contributed by atoms with Gasteiger partial charge < -0.3 is 5.32 Å². The minimum atomic E-state index is 0.177. The van der Waals surface area contributed by atoms with Crippen LogP contribution in [0, 0.1) is 0 Å². The summed E-state index contributed by atoms with van der Waals surface area (Å²) in [6.45, 7) is 9.94. The normalized spacial score (nSPS) is 17.9. The quantitative estimate of drug-likeness (QED) is 0.734. The molecule has 1 heterocycles. The second-order valence-corrected chi connectivity index (χ2v) is 8.58. The third-order valence-corrected chi connectivity index (χ3v) is 5.53. The van der Waals surface area contributed by atoms with E-state index in [-0.39, 0.29) is 5.54 Å². The number of hydrogen-bond acceptors (Lipinski definition) is 3. The van der Waals surface area contributed by atoms with Crippen LogP contribution in [0.5, 0.6) is 0 Å². The Morgan fingerprint density at radius 1 is 1.14 bits per heavy atom. The Bertz CT molecular complexity index is 423. The highest BCUT2D eigenvalue weighted by atomic mass is 32.1. The van der Waals surface area contributed by atoms with Crippen LogP contribution in [0.4, 0.5) is 0 Å². The van der Waals surface area contributed by atoms with E-state index in [1.54, 1.807) is 0 Å². The van der Waals surface area contributed by atoms with Crippen molar-refractivity contribution in [2.24, 2.45) is 0 Å². The molecular weight excluding hydrogens is 276 g/mol. The van der Waals surface area contributed by atoms with Crippen molar-refractivity contribution in [2.45, 2.75) is 97.1 Å². The Morgan fingerprint density at radius 3 is 2.38 bits per heavy atom. The summed E-state index contributed by atoms with van der Waals surface area (Å²) >= 11 is 1.98. The Hall–Kier alpha value is -0.410. The molecule has 0 unspecified atom stereocenters. The molecule has 21 heavy (non-hydrogen) atoms. The third kappa shape index (κ3) is 5.37. The van der Waals surface area contributed by atoms with Crippen molar-refractivity contribution in [2.75, 3.05) is 0 Å². The molecule has 0 atom stereocenters. The Kier molecular flexibility index (Phi) is 6.24. The van der Waals surface area contributed by atoms with Crippen molar-refractivity contribution in [1.82, 2.24) is 10.3 Å². The first kappa shape index (κ1) is 17.0. The molecular formula is C18H32N2S. The van der Waals surface area contributed by atoms with E-state index in [0.29, 0.717) is 0 Å². The summed E-state index contributed by atoms with van der Waals surface area (Å²) in [7, 11) is 0. The number of nitrogens with one attached hydrogen (secondary N) is 1. The van der Waals surface area contributed by atoms with Gasteiger partial charge in [0.25, 0.3) is 0 Å². The van der Waals surface area contributed by atoms with Crippen molar-refractivity contribution >= 4 is 11.3 Å². The molecule has 1 aromatic heterocycles. The summed E-state index contributed by atoms with van der Waals surface area (Å²) in [6, 6.07) is 0. The van der Waals surface area contributed by atoms with Crippen molar-refractivity contribution in [3.63, 3.8) is 0 Å². The maximum absolute atomic E-state index is 5.04. The van der Waals surface area contributed by atoms with Crippen LogP contribution in [0.15, 0.2) is 0 Å². The van der Waals surface area contributed by atoms with Crippen LogP contribution in [0.3, 0.4) is 0 Å². The molecule has 1 aromatic rings. The monoisotopic (exact) mass is 308 g/mol. The molecule has 0 aliphatic heterocycles. The molecule has 0 amide bonds. The summed E-state index contributed by atoms with van der Waals surface area (Å²) in [5.74, 6) is 0.733. The fourth-order valence-corrected chi connectivity index (χ4v) is 4.24. The van der Waals surface area contributed by atoms with Crippen LogP contribution in [0.1, 0.15) is 94.1 Å². The average molecular weight is 309 g/mol. The molecule has 0 saturated heterocycles. The molecule has 0 bridgehead atoms. The van der Waals surface area contributed by atoms with Gasteiger partial charge in [0, 0.05) is 22.9 Å². The lowest BCUT2D eigenvalue weighted by Crippen LogP contribution is -2.35. The molecule has 1 N–H and O–H groups in total. The number of nitrogens with zero attached hydrogens (tertiary/aromatic N) is 1. The predicted molar refractivity (Wildman–Crippen MR) is 93.1 cm³/mol. The zero-order chi connectivity index (χ0) is 15.3. The highest BCUT2D eigenvalue weighted by molar-refractivity contribution is 7.11. The van der Waals surface area contributed by atoms with E-state index >= 15 is 0 Å². The summed E-state index contributed by atoms with van der Waals surface area (Å²) in [6.07, 6.45) is 10.6. The maximum Gasteiger partial charge on any atom is 0.0962 e. The standard InChI is InChI=1S/C18H32N2S/c1-5-10-15-16(13-19-18(2,3)4)21-17(20-15)14-11-8-6-7-9-12-14/h14,19H,5-13H2,1-4H3. The molecule has 3 heteroatoms. The van der Waals surface area contributed by atoms with Gasteiger partial charge in [-0.2, -0.15) is 0 Å². The van der Waals surface area contributed by atoms with Crippen molar-refractivity contribution in [3.05, 3.63) is 15.6 Å². The lowest BCUT2D eigenvalue weighted by molar-refractivity contribution is 0.425. The predicted octanol–water partition coefficient (Wildman–Crippen LogP) is 5.42. The van der Waals surface area contributed by atoms with Gasteiger partial charge in [0.05, 0.1) is 10.7 Å². The van der Waals surface area contributed by atoms with Gasteiger partial charge in [0.2, 0.25) is 0 Å². The third-order valence-electron chi connectivity index (χ3n) is 4.27. The van der Waals surface area contributed by atoms with Gasteiger partial charge >= 0.3 is 0 Å². The highest BCUT2D eigenvalue weighted by Crippen LogP contribution is 2.35. The van der Waals surface area contributed by atoms with E-state index in [4.69, 9.17) is 4.98 Å². The maximum atomic E-state index is 5.04. The molecule has 1 aliphatic carbocycles. The zero-order valence-electron chi connectivity index (χ0n) is 14.3. The molecule has 120 valence electrons. The second kappa shape index (κ2) is 7.73. The minimum Gasteiger partial charge on any atom is -0.307 e. The smallest absolute Gasteiger partial charge is 0.0962 e. The van der Waals surface area contributed by atoms with Crippen LogP contribution in [-0.2, 0) is 13.0 Å². The number of hydrogen-bond donors (Lipinski definition) is 1. The molecule has 0 aromatic carbocycles. The van der Waals surface area contributed by atoms with Crippen LogP contribution in [0.2, 0.25) is 0 Å². The molecule has 1 fully saturated rings. The molecule has 1 saturated carbocycles. The van der Waals surface area contributed by atoms with E-state index in [2.05, 4.69) is 33.0 Å². The summed E-state index contributed by atoms with van der Waals surface area (Å²) < 4.78 is 0. The van der Waals surface area contributed by atoms with E-state index in [9.17, 15) is 0 Å². The highest BCUT2D eigenvalue weighted by Gasteiger charge is 2.21. The number of aryl methyl sites for hydroxylation is 1. The lowest BCUT2D eigenvalue weighted by atomic mass is 10.0. The number of rotatable bonds is 5. The molecule has 1 aliphatic rings. The van der Waals surface area contributed by atoms with Gasteiger partial charge in [-0.1, -0.05) is 39.0 Å².